The van der Waals surface area contributed by atoms with Crippen LogP contribution in [0, 0.1) is 0 Å². The molecule has 0 unspecified atom stereocenters. The second-order valence-electron chi connectivity index (χ2n) is 4.45. The Morgan fingerprint density at radius 1 is 1.53 bits per heavy atom. The highest BCUT2D eigenvalue weighted by atomic mass is 32.2. The lowest BCUT2D eigenvalue weighted by Gasteiger charge is -2.22. The van der Waals surface area contributed by atoms with Crippen molar-refractivity contribution < 1.29 is 13.2 Å². The summed E-state index contributed by atoms with van der Waals surface area (Å²) < 4.78 is 31.8. The maximum Gasteiger partial charge on any atom is 0.262 e. The zero-order chi connectivity index (χ0) is 13.9. The van der Waals surface area contributed by atoms with Crippen LogP contribution >= 0.6 is 0 Å². The number of rotatable bonds is 7. The summed E-state index contributed by atoms with van der Waals surface area (Å²) in [6, 6.07) is 3.51. The van der Waals surface area contributed by atoms with Crippen LogP contribution in [-0.2, 0) is 14.8 Å². The largest absolute Gasteiger partial charge is 0.386 e. The van der Waals surface area contributed by atoms with E-state index in [1.54, 1.807) is 26.3 Å². The van der Waals surface area contributed by atoms with Gasteiger partial charge in [-0.15, -0.1) is 0 Å². The summed E-state index contributed by atoms with van der Waals surface area (Å²) in [7, 11) is -0.319. The van der Waals surface area contributed by atoms with E-state index in [0.717, 1.165) is 12.8 Å². The van der Waals surface area contributed by atoms with Gasteiger partial charge in [0.05, 0.1) is 12.3 Å². The predicted octanol–water partition coefficient (Wildman–Crippen LogP) is 0.923. The zero-order valence-corrected chi connectivity index (χ0v) is 12.0. The van der Waals surface area contributed by atoms with Crippen molar-refractivity contribution in [1.82, 2.24) is 9.29 Å². The number of pyridine rings is 1. The van der Waals surface area contributed by atoms with Crippen LogP contribution in [0.5, 0.6) is 0 Å². The van der Waals surface area contributed by atoms with E-state index in [9.17, 15) is 8.42 Å². The molecule has 1 aliphatic rings. The van der Waals surface area contributed by atoms with Gasteiger partial charge in [0, 0.05) is 32.9 Å². The van der Waals surface area contributed by atoms with Gasteiger partial charge in [0.25, 0.3) is 10.0 Å². The lowest BCUT2D eigenvalue weighted by molar-refractivity contribution is 0.177. The predicted molar refractivity (Wildman–Crippen MR) is 72.6 cm³/mol. The van der Waals surface area contributed by atoms with Crippen LogP contribution in [0.3, 0.4) is 0 Å². The summed E-state index contributed by atoms with van der Waals surface area (Å²) in [6.45, 7) is 0.751. The molecule has 6 nitrogen and oxygen atoms in total. The quantitative estimate of drug-likeness (QED) is 0.806. The van der Waals surface area contributed by atoms with Crippen molar-refractivity contribution in [3.8, 4) is 0 Å². The van der Waals surface area contributed by atoms with E-state index in [4.69, 9.17) is 4.74 Å². The molecule has 106 valence electrons. The standard InChI is InChI=1S/C12H19N3O3S/c1-13-11-4-3-7-14-12(11)19(16,17)15(8-9-18-2)10-5-6-10/h3-4,7,10,13H,5-6,8-9H2,1-2H3. The van der Waals surface area contributed by atoms with Crippen molar-refractivity contribution >= 4 is 15.7 Å². The van der Waals surface area contributed by atoms with Gasteiger partial charge in [0.15, 0.2) is 5.03 Å². The molecule has 0 saturated heterocycles. The van der Waals surface area contributed by atoms with Gasteiger partial charge in [-0.25, -0.2) is 13.4 Å². The van der Waals surface area contributed by atoms with E-state index >= 15 is 0 Å². The van der Waals surface area contributed by atoms with E-state index in [0.29, 0.717) is 18.8 Å². The number of sulfonamides is 1. The van der Waals surface area contributed by atoms with Gasteiger partial charge < -0.3 is 10.1 Å². The number of hydrogen-bond acceptors (Lipinski definition) is 5. The van der Waals surface area contributed by atoms with Crippen molar-refractivity contribution in [3.63, 3.8) is 0 Å². The molecule has 0 radical (unpaired) electrons. The Kier molecular flexibility index (Phi) is 4.38. The highest BCUT2D eigenvalue weighted by molar-refractivity contribution is 7.89. The van der Waals surface area contributed by atoms with Crippen LogP contribution in [0.15, 0.2) is 23.4 Å². The first-order valence-electron chi connectivity index (χ1n) is 6.25. The molecule has 7 heteroatoms. The maximum atomic E-state index is 12.7. The molecule has 0 spiro atoms. The molecular weight excluding hydrogens is 266 g/mol. The molecule has 1 heterocycles. The lowest BCUT2D eigenvalue weighted by atomic mass is 10.4. The summed E-state index contributed by atoms with van der Waals surface area (Å²) in [4.78, 5) is 4.03. The number of aromatic nitrogens is 1. The SMILES string of the molecule is CNc1cccnc1S(=O)(=O)N(CCOC)C1CC1. The minimum Gasteiger partial charge on any atom is -0.386 e. The molecule has 0 bridgehead atoms. The molecule has 1 fully saturated rings. The molecule has 1 aromatic heterocycles. The minimum atomic E-state index is -3.57. The van der Waals surface area contributed by atoms with Gasteiger partial charge in [0.2, 0.25) is 0 Å². The van der Waals surface area contributed by atoms with E-state index in [1.807, 2.05) is 0 Å². The Balaban J connectivity index is 2.33. The topological polar surface area (TPSA) is 71.5 Å². The molecule has 0 atom stereocenters. The Labute approximate surface area is 113 Å². The molecule has 19 heavy (non-hydrogen) atoms. The third kappa shape index (κ3) is 3.05. The summed E-state index contributed by atoms with van der Waals surface area (Å²) in [5.74, 6) is 0. The van der Waals surface area contributed by atoms with Crippen molar-refractivity contribution in [2.45, 2.75) is 23.9 Å². The first kappa shape index (κ1) is 14.2. The van der Waals surface area contributed by atoms with Gasteiger partial charge in [-0.3, -0.25) is 0 Å². The fourth-order valence-corrected chi connectivity index (χ4v) is 3.72. The van der Waals surface area contributed by atoms with Crippen molar-refractivity contribution in [2.24, 2.45) is 0 Å². The van der Waals surface area contributed by atoms with Crippen LogP contribution in [-0.4, -0.2) is 51.1 Å². The molecule has 1 N–H and O–H groups in total. The van der Waals surface area contributed by atoms with Gasteiger partial charge in [-0.1, -0.05) is 0 Å². The van der Waals surface area contributed by atoms with E-state index in [1.165, 1.54) is 10.5 Å². The van der Waals surface area contributed by atoms with E-state index in [2.05, 4.69) is 10.3 Å². The summed E-state index contributed by atoms with van der Waals surface area (Å²) in [5, 5.41) is 2.96. The van der Waals surface area contributed by atoms with Crippen LogP contribution in [0.25, 0.3) is 0 Å². The summed E-state index contributed by atoms with van der Waals surface area (Å²) >= 11 is 0. The van der Waals surface area contributed by atoms with Crippen LogP contribution < -0.4 is 5.32 Å². The molecule has 1 aromatic rings. The van der Waals surface area contributed by atoms with Crippen molar-refractivity contribution in [1.29, 1.82) is 0 Å². The fraction of sp³-hybridized carbons (Fsp3) is 0.583. The Hall–Kier alpha value is -1.18. The average molecular weight is 285 g/mol. The number of nitrogens with one attached hydrogen (secondary N) is 1. The highest BCUT2D eigenvalue weighted by Crippen LogP contribution is 2.33. The number of nitrogens with zero attached hydrogens (tertiary/aromatic N) is 2. The monoisotopic (exact) mass is 285 g/mol. The second kappa shape index (κ2) is 5.85. The lowest BCUT2D eigenvalue weighted by Crippen LogP contribution is -2.36. The van der Waals surface area contributed by atoms with E-state index < -0.39 is 10.0 Å². The number of methoxy groups -OCH3 is 1. The van der Waals surface area contributed by atoms with Gasteiger partial charge in [0.1, 0.15) is 0 Å². The third-order valence-corrected chi connectivity index (χ3v) is 4.98. The molecule has 1 aliphatic carbocycles. The van der Waals surface area contributed by atoms with Crippen LogP contribution in [0.2, 0.25) is 0 Å². The highest BCUT2D eigenvalue weighted by Gasteiger charge is 2.39. The Bertz CT molecular complexity index is 529. The molecule has 1 saturated carbocycles. The smallest absolute Gasteiger partial charge is 0.262 e. The number of ether oxygens (including phenoxy) is 1. The normalized spacial score (nSPS) is 15.7. The molecule has 0 aromatic carbocycles. The zero-order valence-electron chi connectivity index (χ0n) is 11.2. The molecule has 0 amide bonds. The van der Waals surface area contributed by atoms with Gasteiger partial charge in [-0.2, -0.15) is 4.31 Å². The molecule has 0 aliphatic heterocycles. The Morgan fingerprint density at radius 3 is 2.84 bits per heavy atom. The van der Waals surface area contributed by atoms with Crippen molar-refractivity contribution in [2.75, 3.05) is 32.6 Å². The minimum absolute atomic E-state index is 0.0838. The van der Waals surface area contributed by atoms with Gasteiger partial charge in [-0.05, 0) is 25.0 Å². The van der Waals surface area contributed by atoms with Gasteiger partial charge >= 0.3 is 0 Å². The van der Waals surface area contributed by atoms with Crippen LogP contribution in [0.1, 0.15) is 12.8 Å². The number of hydrogen-bond donors (Lipinski definition) is 1. The summed E-state index contributed by atoms with van der Waals surface area (Å²) in [5.41, 5.74) is 0.519. The summed E-state index contributed by atoms with van der Waals surface area (Å²) in [6.07, 6.45) is 3.31. The average Bonchev–Trinajstić information content (AvgIpc) is 3.23. The second-order valence-corrected chi connectivity index (χ2v) is 6.25. The number of anilines is 1. The first-order chi connectivity index (χ1) is 9.11. The maximum absolute atomic E-state index is 12.7. The first-order valence-corrected chi connectivity index (χ1v) is 7.69. The van der Waals surface area contributed by atoms with E-state index in [-0.39, 0.29) is 11.1 Å². The molecule has 2 rings (SSSR count). The fourth-order valence-electron chi connectivity index (χ4n) is 1.94. The van der Waals surface area contributed by atoms with Crippen LogP contribution in [0.4, 0.5) is 5.69 Å². The Morgan fingerprint density at radius 2 is 2.26 bits per heavy atom. The third-order valence-electron chi connectivity index (χ3n) is 3.06. The molecular formula is C12H19N3O3S. The van der Waals surface area contributed by atoms with Crippen molar-refractivity contribution in [3.05, 3.63) is 18.3 Å².